The summed E-state index contributed by atoms with van der Waals surface area (Å²) in [5.74, 6) is 0.813. The van der Waals surface area contributed by atoms with Crippen LogP contribution in [-0.4, -0.2) is 9.97 Å². The number of hydrogen-bond donors (Lipinski definition) is 1. The van der Waals surface area contributed by atoms with E-state index in [1.807, 2.05) is 6.20 Å². The third-order valence-electron chi connectivity index (χ3n) is 3.79. The van der Waals surface area contributed by atoms with Crippen molar-refractivity contribution in [1.29, 1.82) is 0 Å². The Morgan fingerprint density at radius 2 is 1.95 bits per heavy atom. The van der Waals surface area contributed by atoms with Crippen LogP contribution in [0.4, 0.5) is 0 Å². The highest BCUT2D eigenvalue weighted by atomic mass is 14.9. The van der Waals surface area contributed by atoms with E-state index in [4.69, 9.17) is 10.7 Å². The molecule has 2 aromatic rings. The Morgan fingerprint density at radius 3 is 2.74 bits per heavy atom. The minimum atomic E-state index is 0.101. The first kappa shape index (κ1) is 12.3. The quantitative estimate of drug-likeness (QED) is 0.794. The summed E-state index contributed by atoms with van der Waals surface area (Å²) < 4.78 is 0. The smallest absolute Gasteiger partial charge is 0.159 e. The Labute approximate surface area is 113 Å². The van der Waals surface area contributed by atoms with E-state index in [2.05, 4.69) is 36.2 Å². The molecule has 1 heterocycles. The average molecular weight is 253 g/mol. The van der Waals surface area contributed by atoms with E-state index < -0.39 is 0 Å². The molecule has 2 N–H and O–H groups in total. The van der Waals surface area contributed by atoms with Crippen molar-refractivity contribution >= 4 is 0 Å². The first-order chi connectivity index (χ1) is 9.24. The molecule has 1 aliphatic rings. The molecular formula is C16H19N3. The number of nitrogens with two attached hydrogens (primary N) is 1. The lowest BCUT2D eigenvalue weighted by Gasteiger charge is -2.12. The molecule has 0 spiro atoms. The van der Waals surface area contributed by atoms with Crippen LogP contribution < -0.4 is 5.73 Å². The molecule has 0 radical (unpaired) electrons. The van der Waals surface area contributed by atoms with Crippen LogP contribution in [0.25, 0.3) is 11.4 Å². The Kier molecular flexibility index (Phi) is 3.30. The van der Waals surface area contributed by atoms with Crippen LogP contribution in [-0.2, 0) is 6.42 Å². The summed E-state index contributed by atoms with van der Waals surface area (Å²) in [4.78, 5) is 9.23. The summed E-state index contributed by atoms with van der Waals surface area (Å²) in [5.41, 5.74) is 10.8. The van der Waals surface area contributed by atoms with E-state index in [-0.39, 0.29) is 6.04 Å². The van der Waals surface area contributed by atoms with Gasteiger partial charge in [-0.15, -0.1) is 0 Å². The van der Waals surface area contributed by atoms with Gasteiger partial charge in [0.1, 0.15) is 0 Å². The maximum absolute atomic E-state index is 6.17. The van der Waals surface area contributed by atoms with Gasteiger partial charge in [-0.3, -0.25) is 0 Å². The molecular weight excluding hydrogens is 234 g/mol. The Hall–Kier alpha value is -1.74. The van der Waals surface area contributed by atoms with Gasteiger partial charge >= 0.3 is 0 Å². The molecule has 1 atom stereocenters. The molecule has 0 fully saturated rings. The van der Waals surface area contributed by atoms with Gasteiger partial charge in [0.2, 0.25) is 0 Å². The lowest BCUT2D eigenvalue weighted by molar-refractivity contribution is 0.614. The molecule has 19 heavy (non-hydrogen) atoms. The van der Waals surface area contributed by atoms with Crippen LogP contribution in [0.2, 0.25) is 0 Å². The second-order valence-corrected chi connectivity index (χ2v) is 5.31. The highest BCUT2D eigenvalue weighted by Gasteiger charge is 2.17. The molecule has 1 aliphatic carbocycles. The molecule has 1 unspecified atom stereocenters. The zero-order valence-corrected chi connectivity index (χ0v) is 11.3. The van der Waals surface area contributed by atoms with Gasteiger partial charge in [0.15, 0.2) is 5.82 Å². The van der Waals surface area contributed by atoms with Crippen molar-refractivity contribution < 1.29 is 0 Å². The van der Waals surface area contributed by atoms with Gasteiger partial charge in [-0.05, 0) is 26.2 Å². The normalized spacial score (nSPS) is 18.7. The third kappa shape index (κ3) is 2.51. The number of nitrogens with zero attached hydrogens (tertiary/aromatic N) is 2. The first-order valence-electron chi connectivity index (χ1n) is 6.92. The zero-order valence-electron chi connectivity index (χ0n) is 11.3. The minimum Gasteiger partial charge on any atom is -0.324 e. The van der Waals surface area contributed by atoms with Crippen molar-refractivity contribution in [2.75, 3.05) is 0 Å². The molecule has 0 aliphatic heterocycles. The predicted molar refractivity (Wildman–Crippen MR) is 76.7 cm³/mol. The van der Waals surface area contributed by atoms with Crippen LogP contribution >= 0.6 is 0 Å². The van der Waals surface area contributed by atoms with E-state index in [9.17, 15) is 0 Å². The zero-order chi connectivity index (χ0) is 13.2. The fraction of sp³-hybridized carbons (Fsp3) is 0.375. The van der Waals surface area contributed by atoms with Gasteiger partial charge in [-0.25, -0.2) is 9.97 Å². The highest BCUT2D eigenvalue weighted by Crippen LogP contribution is 2.27. The summed E-state index contributed by atoms with van der Waals surface area (Å²) in [5, 5.41) is 0. The molecule has 3 heteroatoms. The minimum absolute atomic E-state index is 0.101. The number of fused-ring (bicyclic) bond motifs is 1. The molecule has 0 saturated carbocycles. The Bertz CT molecular complexity index is 575. The fourth-order valence-electron chi connectivity index (χ4n) is 2.59. The lowest BCUT2D eigenvalue weighted by Crippen LogP contribution is -2.12. The topological polar surface area (TPSA) is 51.8 Å². The van der Waals surface area contributed by atoms with Gasteiger partial charge in [-0.1, -0.05) is 36.2 Å². The molecule has 1 aromatic carbocycles. The molecule has 0 bridgehead atoms. The second kappa shape index (κ2) is 5.10. The highest BCUT2D eigenvalue weighted by molar-refractivity contribution is 5.55. The van der Waals surface area contributed by atoms with E-state index in [0.717, 1.165) is 35.5 Å². The molecule has 3 nitrogen and oxygen atoms in total. The Balaban J connectivity index is 2.01. The number of hydrogen-bond acceptors (Lipinski definition) is 3. The number of aryl methyl sites for hydroxylation is 2. The fourth-order valence-corrected chi connectivity index (χ4v) is 2.59. The molecule has 3 rings (SSSR count). The third-order valence-corrected chi connectivity index (χ3v) is 3.79. The van der Waals surface area contributed by atoms with E-state index in [1.165, 1.54) is 18.4 Å². The van der Waals surface area contributed by atoms with Crippen LogP contribution in [0.3, 0.4) is 0 Å². The van der Waals surface area contributed by atoms with Crippen molar-refractivity contribution in [2.24, 2.45) is 5.73 Å². The summed E-state index contributed by atoms with van der Waals surface area (Å²) in [6, 6.07) is 8.44. The van der Waals surface area contributed by atoms with Gasteiger partial charge in [0.05, 0.1) is 0 Å². The van der Waals surface area contributed by atoms with Gasteiger partial charge in [-0.2, -0.15) is 0 Å². The summed E-state index contributed by atoms with van der Waals surface area (Å²) >= 11 is 0. The van der Waals surface area contributed by atoms with Crippen molar-refractivity contribution in [3.8, 4) is 11.4 Å². The van der Waals surface area contributed by atoms with Crippen molar-refractivity contribution in [3.63, 3.8) is 0 Å². The number of rotatable bonds is 1. The number of benzene rings is 1. The average Bonchev–Trinajstić information content (AvgIpc) is 2.61. The van der Waals surface area contributed by atoms with Crippen LogP contribution in [0, 0.1) is 6.92 Å². The van der Waals surface area contributed by atoms with Crippen LogP contribution in [0.1, 0.15) is 42.1 Å². The van der Waals surface area contributed by atoms with Crippen LogP contribution in [0.15, 0.2) is 30.5 Å². The maximum Gasteiger partial charge on any atom is 0.159 e. The number of aromatic nitrogens is 2. The summed E-state index contributed by atoms with van der Waals surface area (Å²) in [6.07, 6.45) is 6.33. The van der Waals surface area contributed by atoms with Crippen LogP contribution in [0.5, 0.6) is 0 Å². The molecule has 0 saturated heterocycles. The Morgan fingerprint density at radius 1 is 1.16 bits per heavy atom. The summed E-state index contributed by atoms with van der Waals surface area (Å²) in [7, 11) is 0. The largest absolute Gasteiger partial charge is 0.324 e. The summed E-state index contributed by atoms with van der Waals surface area (Å²) in [6.45, 7) is 2.08. The first-order valence-corrected chi connectivity index (χ1v) is 6.92. The molecule has 1 aromatic heterocycles. The lowest BCUT2D eigenvalue weighted by atomic mass is 10.1. The van der Waals surface area contributed by atoms with Gasteiger partial charge in [0.25, 0.3) is 0 Å². The van der Waals surface area contributed by atoms with E-state index >= 15 is 0 Å². The predicted octanol–water partition coefficient (Wildman–Crippen LogP) is 3.18. The van der Waals surface area contributed by atoms with Crippen molar-refractivity contribution in [3.05, 3.63) is 47.3 Å². The SMILES string of the molecule is Cc1ccc(-c2ncc3c(n2)CCCCC3N)cc1. The standard InChI is InChI=1S/C16H19N3/c1-11-6-8-12(9-7-11)16-18-10-13-14(17)4-2-3-5-15(13)19-16/h6-10,14H,2-5,17H2,1H3. The molecule has 0 amide bonds. The molecule has 98 valence electrons. The van der Waals surface area contributed by atoms with E-state index in [0.29, 0.717) is 0 Å². The van der Waals surface area contributed by atoms with Gasteiger partial charge in [0, 0.05) is 29.1 Å². The van der Waals surface area contributed by atoms with Crippen molar-refractivity contribution in [1.82, 2.24) is 9.97 Å². The second-order valence-electron chi connectivity index (χ2n) is 5.31. The van der Waals surface area contributed by atoms with E-state index in [1.54, 1.807) is 0 Å². The monoisotopic (exact) mass is 253 g/mol. The maximum atomic E-state index is 6.17. The van der Waals surface area contributed by atoms with Crippen molar-refractivity contribution in [2.45, 2.75) is 38.6 Å². The van der Waals surface area contributed by atoms with Gasteiger partial charge < -0.3 is 5.73 Å².